The van der Waals surface area contributed by atoms with Crippen molar-refractivity contribution in [3.05, 3.63) is 71.3 Å². The minimum absolute atomic E-state index is 0.0295. The molecule has 2 rings (SSSR count). The highest BCUT2D eigenvalue weighted by Gasteiger charge is 2.07. The van der Waals surface area contributed by atoms with Gasteiger partial charge in [-0.25, -0.2) is 0 Å². The number of nitrogens with one attached hydrogen (secondary N) is 2. The van der Waals surface area contributed by atoms with Gasteiger partial charge in [-0.1, -0.05) is 42.5 Å². The van der Waals surface area contributed by atoms with Gasteiger partial charge in [0.15, 0.2) is 0 Å². The Labute approximate surface area is 140 Å². The highest BCUT2D eigenvalue weighted by Crippen LogP contribution is 2.10. The topological polar surface area (TPSA) is 58.2 Å². The lowest BCUT2D eigenvalue weighted by molar-refractivity contribution is -0.120. The Balaban J connectivity index is 1.76. The van der Waals surface area contributed by atoms with Gasteiger partial charge >= 0.3 is 0 Å². The first-order valence-corrected chi connectivity index (χ1v) is 8.75. The van der Waals surface area contributed by atoms with Crippen LogP contribution in [-0.4, -0.2) is 24.6 Å². The molecule has 0 unspecified atom stereocenters. The maximum absolute atomic E-state index is 12.0. The van der Waals surface area contributed by atoms with E-state index in [0.29, 0.717) is 12.1 Å². The summed E-state index contributed by atoms with van der Waals surface area (Å²) in [5.74, 6) is 0.473. The van der Waals surface area contributed by atoms with Crippen LogP contribution in [0.25, 0.3) is 0 Å². The number of carbonyl (C=O) groups excluding carboxylic acids is 2. The number of carbonyl (C=O) groups is 2. The molecule has 0 saturated carbocycles. The Hall–Kier alpha value is -2.27. The van der Waals surface area contributed by atoms with Crippen molar-refractivity contribution in [2.75, 3.05) is 12.8 Å². The van der Waals surface area contributed by atoms with E-state index in [1.807, 2.05) is 48.7 Å². The van der Waals surface area contributed by atoms with Crippen LogP contribution >= 0.6 is 11.8 Å². The van der Waals surface area contributed by atoms with E-state index in [1.54, 1.807) is 23.9 Å². The van der Waals surface area contributed by atoms with Crippen LogP contribution in [0.5, 0.6) is 0 Å². The highest BCUT2D eigenvalue weighted by atomic mass is 32.2. The van der Waals surface area contributed by atoms with Crippen LogP contribution in [0.3, 0.4) is 0 Å². The van der Waals surface area contributed by atoms with E-state index < -0.39 is 0 Å². The average molecular weight is 328 g/mol. The summed E-state index contributed by atoms with van der Waals surface area (Å²) < 4.78 is 0. The van der Waals surface area contributed by atoms with E-state index in [1.165, 1.54) is 5.56 Å². The van der Waals surface area contributed by atoms with E-state index in [0.717, 1.165) is 11.3 Å². The minimum Gasteiger partial charge on any atom is -0.350 e. The molecule has 0 aliphatic heterocycles. The van der Waals surface area contributed by atoms with Crippen molar-refractivity contribution in [1.29, 1.82) is 0 Å². The number of rotatable bonds is 7. The van der Waals surface area contributed by atoms with Gasteiger partial charge in [0.05, 0.1) is 6.54 Å². The van der Waals surface area contributed by atoms with Gasteiger partial charge in [-0.15, -0.1) is 0 Å². The molecule has 0 aliphatic rings. The number of benzene rings is 2. The molecule has 0 bridgehead atoms. The van der Waals surface area contributed by atoms with Crippen LogP contribution in [-0.2, 0) is 17.1 Å². The van der Waals surface area contributed by atoms with Crippen molar-refractivity contribution in [2.24, 2.45) is 0 Å². The smallest absolute Gasteiger partial charge is 0.251 e. The summed E-state index contributed by atoms with van der Waals surface area (Å²) in [4.78, 5) is 23.8. The van der Waals surface area contributed by atoms with Crippen LogP contribution in [0, 0.1) is 0 Å². The number of hydrogen-bond acceptors (Lipinski definition) is 3. The van der Waals surface area contributed by atoms with Crippen molar-refractivity contribution >= 4 is 23.6 Å². The maximum atomic E-state index is 12.0. The Kier molecular flexibility index (Phi) is 6.69. The predicted molar refractivity (Wildman–Crippen MR) is 94.3 cm³/mol. The molecule has 0 radical (unpaired) electrons. The molecule has 0 spiro atoms. The third kappa shape index (κ3) is 5.79. The van der Waals surface area contributed by atoms with Crippen molar-refractivity contribution < 1.29 is 9.59 Å². The Morgan fingerprint density at radius 1 is 0.913 bits per heavy atom. The second-order valence-electron chi connectivity index (χ2n) is 5.07. The number of amides is 2. The molecular weight excluding hydrogens is 308 g/mol. The molecule has 0 aliphatic carbocycles. The first-order chi connectivity index (χ1) is 11.2. The van der Waals surface area contributed by atoms with Crippen LogP contribution in [0.1, 0.15) is 21.5 Å². The molecular formula is C18H20N2O2S. The molecule has 5 heteroatoms. The van der Waals surface area contributed by atoms with E-state index in [4.69, 9.17) is 0 Å². The van der Waals surface area contributed by atoms with Crippen LogP contribution in [0.4, 0.5) is 0 Å². The Morgan fingerprint density at radius 2 is 1.61 bits per heavy atom. The molecule has 2 aromatic rings. The average Bonchev–Trinajstić information content (AvgIpc) is 2.59. The molecule has 0 fully saturated rings. The molecule has 0 aromatic heterocycles. The Morgan fingerprint density at radius 3 is 2.26 bits per heavy atom. The fourth-order valence-corrected chi connectivity index (χ4v) is 2.57. The lowest BCUT2D eigenvalue weighted by atomic mass is 10.1. The fraction of sp³-hybridized carbons (Fsp3) is 0.222. The third-order valence-electron chi connectivity index (χ3n) is 3.27. The van der Waals surface area contributed by atoms with Crippen molar-refractivity contribution in [1.82, 2.24) is 10.6 Å². The van der Waals surface area contributed by atoms with Gasteiger partial charge in [-0.3, -0.25) is 9.59 Å². The lowest BCUT2D eigenvalue weighted by Crippen LogP contribution is -2.36. The lowest BCUT2D eigenvalue weighted by Gasteiger charge is -2.07. The molecule has 2 amide bonds. The third-order valence-corrected chi connectivity index (χ3v) is 3.89. The van der Waals surface area contributed by atoms with E-state index in [9.17, 15) is 9.59 Å². The second kappa shape index (κ2) is 9.00. The van der Waals surface area contributed by atoms with E-state index in [-0.39, 0.29) is 18.4 Å². The summed E-state index contributed by atoms with van der Waals surface area (Å²) in [6, 6.07) is 17.1. The molecule has 2 aromatic carbocycles. The standard InChI is InChI=1S/C18H20N2O2S/c1-23-13-15-7-9-16(10-8-15)18(22)20-12-17(21)19-11-14-5-3-2-4-6-14/h2-10H,11-13H2,1H3,(H,19,21)(H,20,22). The number of hydrogen-bond donors (Lipinski definition) is 2. The maximum Gasteiger partial charge on any atom is 0.251 e. The zero-order chi connectivity index (χ0) is 16.5. The van der Waals surface area contributed by atoms with Crippen LogP contribution < -0.4 is 10.6 Å². The first-order valence-electron chi connectivity index (χ1n) is 7.35. The fourth-order valence-electron chi connectivity index (χ4n) is 2.04. The highest BCUT2D eigenvalue weighted by molar-refractivity contribution is 7.97. The molecule has 120 valence electrons. The first kappa shape index (κ1) is 17.1. The zero-order valence-electron chi connectivity index (χ0n) is 13.0. The molecule has 23 heavy (non-hydrogen) atoms. The van der Waals surface area contributed by atoms with Gasteiger partial charge in [-0.05, 0) is 29.5 Å². The summed E-state index contributed by atoms with van der Waals surface area (Å²) in [6.07, 6.45) is 2.04. The van der Waals surface area contributed by atoms with E-state index in [2.05, 4.69) is 10.6 Å². The van der Waals surface area contributed by atoms with Crippen molar-refractivity contribution in [3.63, 3.8) is 0 Å². The van der Waals surface area contributed by atoms with Gasteiger partial charge in [0.25, 0.3) is 5.91 Å². The minimum atomic E-state index is -0.240. The predicted octanol–water partition coefficient (Wildman–Crippen LogP) is 2.60. The van der Waals surface area contributed by atoms with Crippen LogP contribution in [0.2, 0.25) is 0 Å². The summed E-state index contributed by atoms with van der Waals surface area (Å²) in [7, 11) is 0. The molecule has 0 heterocycles. The largest absolute Gasteiger partial charge is 0.350 e. The SMILES string of the molecule is CSCc1ccc(C(=O)NCC(=O)NCc2ccccc2)cc1. The summed E-state index contributed by atoms with van der Waals surface area (Å²) in [5.41, 5.74) is 2.76. The van der Waals surface area contributed by atoms with Gasteiger partial charge in [-0.2, -0.15) is 11.8 Å². The van der Waals surface area contributed by atoms with Gasteiger partial charge in [0.2, 0.25) is 5.91 Å². The van der Waals surface area contributed by atoms with Crippen molar-refractivity contribution in [2.45, 2.75) is 12.3 Å². The normalized spacial score (nSPS) is 10.1. The van der Waals surface area contributed by atoms with Gasteiger partial charge in [0.1, 0.15) is 0 Å². The second-order valence-corrected chi connectivity index (χ2v) is 5.94. The van der Waals surface area contributed by atoms with Gasteiger partial charge < -0.3 is 10.6 Å². The van der Waals surface area contributed by atoms with Crippen LogP contribution in [0.15, 0.2) is 54.6 Å². The zero-order valence-corrected chi connectivity index (χ0v) is 13.9. The van der Waals surface area contributed by atoms with Crippen molar-refractivity contribution in [3.8, 4) is 0 Å². The van der Waals surface area contributed by atoms with E-state index >= 15 is 0 Å². The Bertz CT molecular complexity index is 642. The quantitative estimate of drug-likeness (QED) is 0.821. The number of thioether (sulfide) groups is 1. The summed E-state index contributed by atoms with van der Waals surface area (Å²) in [5, 5.41) is 5.41. The summed E-state index contributed by atoms with van der Waals surface area (Å²) in [6.45, 7) is 0.428. The molecule has 4 nitrogen and oxygen atoms in total. The molecule has 0 saturated heterocycles. The monoisotopic (exact) mass is 328 g/mol. The molecule has 2 N–H and O–H groups in total. The molecule has 0 atom stereocenters. The summed E-state index contributed by atoms with van der Waals surface area (Å²) >= 11 is 1.73. The van der Waals surface area contributed by atoms with Gasteiger partial charge in [0, 0.05) is 17.9 Å².